The van der Waals surface area contributed by atoms with Crippen LogP contribution in [0, 0.1) is 0 Å². The second-order valence-corrected chi connectivity index (χ2v) is 20.4. The van der Waals surface area contributed by atoms with Crippen molar-refractivity contribution in [3.05, 3.63) is 97.2 Å². The Bertz CT molecular complexity index is 1640. The molecule has 2 heterocycles. The van der Waals surface area contributed by atoms with Crippen LogP contribution in [0.2, 0.25) is 0 Å². The van der Waals surface area contributed by atoms with Crippen LogP contribution in [-0.4, -0.2) is 140 Å². The SMILES string of the molecule is CC/C=C\C/C=C\C/C=C\C/C=C\C/C=C\C/C=C\C/C=C\CCCCCCCCCCCCCC(=O)NC(COC1OC(CO)C(OC2OC(CO)C(O)C(O)C2O)C(O)C1O)C(O)/C=C/CCCCCCCCC. The minimum Gasteiger partial charge on any atom is -0.394 e. The lowest BCUT2D eigenvalue weighted by Gasteiger charge is -2.46. The number of rotatable bonds is 45. The molecule has 2 fully saturated rings. The Balaban J connectivity index is 1.64. The molecule has 76 heavy (non-hydrogen) atoms. The normalized spacial score (nSPS) is 25.6. The summed E-state index contributed by atoms with van der Waals surface area (Å²) in [6, 6.07) is -0.920. The van der Waals surface area contributed by atoms with E-state index in [4.69, 9.17) is 18.9 Å². The van der Waals surface area contributed by atoms with E-state index in [1.54, 1.807) is 6.08 Å². The number of hydrogen-bond donors (Lipinski definition) is 9. The molecule has 2 rings (SSSR count). The summed E-state index contributed by atoms with van der Waals surface area (Å²) in [6.45, 7) is 2.62. The van der Waals surface area contributed by atoms with Crippen LogP contribution < -0.4 is 5.32 Å². The van der Waals surface area contributed by atoms with Gasteiger partial charge in [-0.15, -0.1) is 0 Å². The maximum absolute atomic E-state index is 13.2. The molecule has 0 radical (unpaired) electrons. The van der Waals surface area contributed by atoms with E-state index in [2.05, 4.69) is 104 Å². The minimum atomic E-state index is -1.79. The summed E-state index contributed by atoms with van der Waals surface area (Å²) in [7, 11) is 0. The molecule has 0 spiro atoms. The van der Waals surface area contributed by atoms with E-state index < -0.39 is 86.8 Å². The van der Waals surface area contributed by atoms with Gasteiger partial charge in [-0.1, -0.05) is 207 Å². The second kappa shape index (κ2) is 46.8. The number of carbonyl (C=O) groups excluding carboxylic acids is 1. The Labute approximate surface area is 458 Å². The van der Waals surface area contributed by atoms with Crippen molar-refractivity contribution in [3.8, 4) is 0 Å². The minimum absolute atomic E-state index is 0.250. The van der Waals surface area contributed by atoms with E-state index >= 15 is 0 Å². The van der Waals surface area contributed by atoms with Crippen LogP contribution >= 0.6 is 0 Å². The molecule has 1 amide bonds. The lowest BCUT2D eigenvalue weighted by atomic mass is 9.97. The monoisotopic (exact) mass is 1070 g/mol. The fraction of sp³-hybridized carbons (Fsp3) is 0.726. The average molecular weight is 1070 g/mol. The Kier molecular flexibility index (Phi) is 42.5. The first-order chi connectivity index (χ1) is 37.1. The zero-order chi connectivity index (χ0) is 55.3. The van der Waals surface area contributed by atoms with Gasteiger partial charge in [-0.25, -0.2) is 0 Å². The first-order valence-corrected chi connectivity index (χ1v) is 29.5. The molecule has 436 valence electrons. The van der Waals surface area contributed by atoms with Gasteiger partial charge in [0, 0.05) is 6.42 Å². The maximum atomic E-state index is 13.2. The van der Waals surface area contributed by atoms with Gasteiger partial charge in [0.25, 0.3) is 0 Å². The van der Waals surface area contributed by atoms with Gasteiger partial charge in [-0.05, 0) is 77.0 Å². The van der Waals surface area contributed by atoms with E-state index in [-0.39, 0.29) is 18.9 Å². The number of amides is 1. The summed E-state index contributed by atoms with van der Waals surface area (Å²) < 4.78 is 22.7. The van der Waals surface area contributed by atoms with Crippen LogP contribution in [0.15, 0.2) is 97.2 Å². The zero-order valence-electron chi connectivity index (χ0n) is 46.7. The van der Waals surface area contributed by atoms with E-state index in [0.29, 0.717) is 6.42 Å². The smallest absolute Gasteiger partial charge is 0.220 e. The van der Waals surface area contributed by atoms with Gasteiger partial charge < -0.3 is 65.1 Å². The van der Waals surface area contributed by atoms with Gasteiger partial charge in [0.2, 0.25) is 5.91 Å². The molecule has 0 aromatic rings. The zero-order valence-corrected chi connectivity index (χ0v) is 46.7. The number of allylic oxidation sites excluding steroid dienone is 15. The van der Waals surface area contributed by atoms with E-state index in [9.17, 15) is 45.6 Å². The highest BCUT2D eigenvalue weighted by Crippen LogP contribution is 2.30. The summed E-state index contributed by atoms with van der Waals surface area (Å²) >= 11 is 0. The molecule has 14 heteroatoms. The van der Waals surface area contributed by atoms with Crippen molar-refractivity contribution in [2.45, 2.75) is 267 Å². The van der Waals surface area contributed by atoms with Crippen LogP contribution in [-0.2, 0) is 23.7 Å². The predicted octanol–water partition coefficient (Wildman–Crippen LogP) is 9.88. The number of aliphatic hydroxyl groups is 8. The first kappa shape index (κ1) is 69.0. The van der Waals surface area contributed by atoms with Crippen molar-refractivity contribution in [2.24, 2.45) is 0 Å². The summed E-state index contributed by atoms with van der Waals surface area (Å²) in [5.74, 6) is -0.250. The van der Waals surface area contributed by atoms with Crippen molar-refractivity contribution in [1.82, 2.24) is 5.32 Å². The third kappa shape index (κ3) is 32.1. The average Bonchev–Trinajstić information content (AvgIpc) is 3.42. The molecule has 0 saturated carbocycles. The molecule has 0 aromatic heterocycles. The molecule has 2 aliphatic heterocycles. The number of aliphatic hydroxyl groups excluding tert-OH is 8. The third-order valence-corrected chi connectivity index (χ3v) is 13.8. The van der Waals surface area contributed by atoms with Crippen LogP contribution in [0.4, 0.5) is 0 Å². The van der Waals surface area contributed by atoms with Crippen molar-refractivity contribution < 1.29 is 64.6 Å². The summed E-state index contributed by atoms with van der Waals surface area (Å²) in [6.07, 6.45) is 47.6. The molecule has 2 saturated heterocycles. The lowest BCUT2D eigenvalue weighted by molar-refractivity contribution is -0.359. The number of ether oxygens (including phenoxy) is 4. The summed E-state index contributed by atoms with van der Waals surface area (Å²) in [5, 5.41) is 86.8. The fourth-order valence-electron chi connectivity index (χ4n) is 9.03. The van der Waals surface area contributed by atoms with Gasteiger partial charge in [0.1, 0.15) is 48.8 Å². The Morgan fingerprint density at radius 2 is 0.908 bits per heavy atom. The number of unbranched alkanes of at least 4 members (excludes halogenated alkanes) is 18. The molecule has 0 aliphatic carbocycles. The summed E-state index contributed by atoms with van der Waals surface area (Å²) in [4.78, 5) is 13.2. The van der Waals surface area contributed by atoms with Gasteiger partial charge in [0.15, 0.2) is 12.6 Å². The lowest BCUT2D eigenvalue weighted by Crippen LogP contribution is -2.65. The topological polar surface area (TPSA) is 228 Å². The number of hydrogen-bond acceptors (Lipinski definition) is 13. The fourth-order valence-corrected chi connectivity index (χ4v) is 9.03. The number of nitrogens with one attached hydrogen (secondary N) is 1. The van der Waals surface area contributed by atoms with Gasteiger partial charge in [0.05, 0.1) is 32.0 Å². The third-order valence-electron chi connectivity index (χ3n) is 13.8. The highest BCUT2D eigenvalue weighted by molar-refractivity contribution is 5.76. The highest BCUT2D eigenvalue weighted by atomic mass is 16.7. The van der Waals surface area contributed by atoms with E-state index in [0.717, 1.165) is 96.3 Å². The molecular formula is C62H105NO13. The van der Waals surface area contributed by atoms with Crippen LogP contribution in [0.25, 0.3) is 0 Å². The Morgan fingerprint density at radius 3 is 1.39 bits per heavy atom. The van der Waals surface area contributed by atoms with Crippen molar-refractivity contribution >= 4 is 5.91 Å². The van der Waals surface area contributed by atoms with Gasteiger partial charge in [-0.2, -0.15) is 0 Å². The molecule has 12 atom stereocenters. The second-order valence-electron chi connectivity index (χ2n) is 20.4. The van der Waals surface area contributed by atoms with Crippen LogP contribution in [0.1, 0.15) is 194 Å². The van der Waals surface area contributed by atoms with Crippen molar-refractivity contribution in [1.29, 1.82) is 0 Å². The van der Waals surface area contributed by atoms with Crippen LogP contribution in [0.3, 0.4) is 0 Å². The van der Waals surface area contributed by atoms with Gasteiger partial charge in [-0.3, -0.25) is 4.79 Å². The number of carbonyl (C=O) groups is 1. The van der Waals surface area contributed by atoms with Crippen molar-refractivity contribution in [2.75, 3.05) is 19.8 Å². The molecule has 0 aromatic carbocycles. The van der Waals surface area contributed by atoms with E-state index in [1.807, 2.05) is 6.08 Å². The largest absolute Gasteiger partial charge is 0.394 e. The quantitative estimate of drug-likeness (QED) is 0.0205. The Hall–Kier alpha value is -3.09. The Morgan fingerprint density at radius 1 is 0.487 bits per heavy atom. The molecule has 14 nitrogen and oxygen atoms in total. The first-order valence-electron chi connectivity index (χ1n) is 29.5. The molecule has 12 unspecified atom stereocenters. The van der Waals surface area contributed by atoms with Gasteiger partial charge >= 0.3 is 0 Å². The molecule has 0 bridgehead atoms. The van der Waals surface area contributed by atoms with Crippen molar-refractivity contribution in [3.63, 3.8) is 0 Å². The predicted molar refractivity (Wildman–Crippen MR) is 304 cm³/mol. The maximum Gasteiger partial charge on any atom is 0.220 e. The standard InChI is InChI=1S/C62H105NO13/c1-3-5-7-9-11-13-14-15-16-17-18-19-20-21-22-23-24-25-26-27-28-29-30-31-32-33-34-35-36-38-40-42-44-46-54(67)63-50(51(66)45-43-41-39-37-12-10-8-6-4-2)49-73-61-59(72)57(70)60(53(48-65)75-61)76-62-58(71)56(69)55(68)52(47-64)74-62/h5,7,11,13,15-16,18-19,21-22,24-25,27-28,43,45,50-53,55-62,64-66,68-72H,3-4,6,8-10,12,14,17,20,23,26,29-42,44,46-49H2,1-2H3,(H,63,67)/b7-5-,13-11-,16-15-,19-18-,22-21-,25-24-,28-27-,45-43+. The molecular weight excluding hydrogens is 967 g/mol. The van der Waals surface area contributed by atoms with E-state index in [1.165, 1.54) is 70.6 Å². The summed E-state index contributed by atoms with van der Waals surface area (Å²) in [5.41, 5.74) is 0. The van der Waals surface area contributed by atoms with Crippen LogP contribution in [0.5, 0.6) is 0 Å². The molecule has 2 aliphatic rings. The highest BCUT2D eigenvalue weighted by Gasteiger charge is 2.51. The molecule has 9 N–H and O–H groups in total.